The molecule has 6 rings (SSSR count). The Morgan fingerprint density at radius 3 is 2.24 bits per heavy atom. The van der Waals surface area contributed by atoms with Crippen LogP contribution in [-0.4, -0.2) is 29.8 Å². The fourth-order valence-electron chi connectivity index (χ4n) is 5.54. The Balaban J connectivity index is 1.24. The molecule has 0 radical (unpaired) electrons. The summed E-state index contributed by atoms with van der Waals surface area (Å²) in [6.07, 6.45) is 4.89. The summed E-state index contributed by atoms with van der Waals surface area (Å²) in [6.45, 7) is 1.73. The van der Waals surface area contributed by atoms with E-state index in [0.717, 1.165) is 48.4 Å². The van der Waals surface area contributed by atoms with Crippen LogP contribution < -0.4 is 4.90 Å². The van der Waals surface area contributed by atoms with E-state index in [1.807, 2.05) is 65.6 Å². The van der Waals surface area contributed by atoms with Crippen LogP contribution in [-0.2, 0) is 17.8 Å². The van der Waals surface area contributed by atoms with Crippen LogP contribution in [0.2, 0.25) is 0 Å². The first-order valence-corrected chi connectivity index (χ1v) is 14.8. The molecular formula is C35H31FN2O2S. The van der Waals surface area contributed by atoms with Gasteiger partial charge in [0.15, 0.2) is 0 Å². The van der Waals surface area contributed by atoms with Gasteiger partial charge in [-0.05, 0) is 78.3 Å². The summed E-state index contributed by atoms with van der Waals surface area (Å²) in [7, 11) is 0. The van der Waals surface area contributed by atoms with Crippen LogP contribution in [0, 0.1) is 11.7 Å². The maximum absolute atomic E-state index is 13.8. The standard InChI is InChI=1S/C35H31FN2O2S/c36-30-14-11-28(12-15-30)24-38-31-23-29(13-16-32(31)41-33(35(38)40)22-26-9-5-2-6-10-26)34(39)37-19-17-27(18-20-37)21-25-7-3-1-4-8-25/h1-16,22-23,27H,17-21,24H2. The minimum Gasteiger partial charge on any atom is -0.339 e. The second-order valence-corrected chi connectivity index (χ2v) is 11.7. The van der Waals surface area contributed by atoms with Crippen LogP contribution in [0.1, 0.15) is 39.9 Å². The highest BCUT2D eigenvalue weighted by molar-refractivity contribution is 8.04. The second kappa shape index (κ2) is 12.1. The molecule has 0 aliphatic carbocycles. The first-order chi connectivity index (χ1) is 20.0. The van der Waals surface area contributed by atoms with E-state index < -0.39 is 0 Å². The summed E-state index contributed by atoms with van der Waals surface area (Å²) in [5.74, 6) is 0.109. The predicted octanol–water partition coefficient (Wildman–Crippen LogP) is 7.60. The van der Waals surface area contributed by atoms with E-state index in [4.69, 9.17) is 0 Å². The molecule has 4 aromatic carbocycles. The molecule has 2 aliphatic heterocycles. The summed E-state index contributed by atoms with van der Waals surface area (Å²) in [5, 5.41) is 0. The first-order valence-electron chi connectivity index (χ1n) is 14.0. The van der Waals surface area contributed by atoms with Gasteiger partial charge in [0, 0.05) is 23.5 Å². The number of rotatable bonds is 6. The van der Waals surface area contributed by atoms with Crippen LogP contribution in [0.25, 0.3) is 6.08 Å². The number of hydrogen-bond donors (Lipinski definition) is 0. The number of fused-ring (bicyclic) bond motifs is 1. The third-order valence-corrected chi connectivity index (χ3v) is 8.87. The smallest absolute Gasteiger partial charge is 0.265 e. The molecule has 2 heterocycles. The molecule has 41 heavy (non-hydrogen) atoms. The van der Waals surface area contributed by atoms with Crippen LogP contribution in [0.4, 0.5) is 10.1 Å². The molecule has 2 aliphatic rings. The largest absolute Gasteiger partial charge is 0.339 e. The molecule has 1 saturated heterocycles. The van der Waals surface area contributed by atoms with Crippen molar-refractivity contribution in [3.8, 4) is 0 Å². The number of carbonyl (C=O) groups is 2. The average Bonchev–Trinajstić information content (AvgIpc) is 3.01. The van der Waals surface area contributed by atoms with Crippen LogP contribution in [0.15, 0.2) is 113 Å². The lowest BCUT2D eigenvalue weighted by Crippen LogP contribution is -2.39. The molecule has 0 saturated carbocycles. The van der Waals surface area contributed by atoms with E-state index in [0.29, 0.717) is 22.1 Å². The SMILES string of the molecule is O=C(c1ccc2c(c1)N(Cc1ccc(F)cc1)C(=O)C(=Cc1ccccc1)S2)N1CCC(Cc2ccccc2)CC1. The van der Waals surface area contributed by atoms with Crippen molar-refractivity contribution in [2.75, 3.05) is 18.0 Å². The van der Waals surface area contributed by atoms with Gasteiger partial charge in [-0.2, -0.15) is 0 Å². The van der Waals surface area contributed by atoms with Gasteiger partial charge in [-0.25, -0.2) is 4.39 Å². The lowest BCUT2D eigenvalue weighted by atomic mass is 9.90. The van der Waals surface area contributed by atoms with Crippen molar-refractivity contribution in [1.82, 2.24) is 4.90 Å². The van der Waals surface area contributed by atoms with Gasteiger partial charge >= 0.3 is 0 Å². The zero-order chi connectivity index (χ0) is 28.2. The number of amides is 2. The topological polar surface area (TPSA) is 40.6 Å². The van der Waals surface area contributed by atoms with Gasteiger partial charge in [-0.1, -0.05) is 84.6 Å². The normalized spacial score (nSPS) is 16.6. The zero-order valence-electron chi connectivity index (χ0n) is 22.7. The van der Waals surface area contributed by atoms with Crippen molar-refractivity contribution in [3.05, 3.63) is 136 Å². The van der Waals surface area contributed by atoms with Crippen molar-refractivity contribution in [3.63, 3.8) is 0 Å². The Bertz CT molecular complexity index is 1560. The van der Waals surface area contributed by atoms with Crippen molar-refractivity contribution < 1.29 is 14.0 Å². The highest BCUT2D eigenvalue weighted by Crippen LogP contribution is 2.43. The van der Waals surface area contributed by atoms with Crippen molar-refractivity contribution in [2.24, 2.45) is 5.92 Å². The third-order valence-electron chi connectivity index (χ3n) is 7.79. The third kappa shape index (κ3) is 6.28. The summed E-state index contributed by atoms with van der Waals surface area (Å²) >= 11 is 1.42. The highest BCUT2D eigenvalue weighted by atomic mass is 32.2. The molecule has 206 valence electrons. The molecule has 0 bridgehead atoms. The molecule has 6 heteroatoms. The molecule has 0 unspecified atom stereocenters. The molecule has 4 nitrogen and oxygen atoms in total. The quantitative estimate of drug-likeness (QED) is 0.227. The van der Waals surface area contributed by atoms with E-state index in [2.05, 4.69) is 24.3 Å². The van der Waals surface area contributed by atoms with E-state index in [-0.39, 0.29) is 24.2 Å². The zero-order valence-corrected chi connectivity index (χ0v) is 23.5. The van der Waals surface area contributed by atoms with Gasteiger partial charge in [0.2, 0.25) is 0 Å². The first kappa shape index (κ1) is 27.0. The second-order valence-electron chi connectivity index (χ2n) is 10.6. The molecule has 2 amide bonds. The predicted molar refractivity (Wildman–Crippen MR) is 163 cm³/mol. The maximum atomic E-state index is 13.8. The fourth-order valence-corrected chi connectivity index (χ4v) is 6.58. The summed E-state index contributed by atoms with van der Waals surface area (Å²) < 4.78 is 13.6. The van der Waals surface area contributed by atoms with Crippen molar-refractivity contribution in [2.45, 2.75) is 30.7 Å². The number of carbonyl (C=O) groups excluding carboxylic acids is 2. The summed E-state index contributed by atoms with van der Waals surface area (Å²) in [6, 6.07) is 32.1. The van der Waals surface area contributed by atoms with Crippen molar-refractivity contribution in [1.29, 1.82) is 0 Å². The fraction of sp³-hybridized carbons (Fsp3) is 0.200. The van der Waals surface area contributed by atoms with Gasteiger partial charge in [-0.15, -0.1) is 0 Å². The minimum absolute atomic E-state index is 0.00392. The van der Waals surface area contributed by atoms with Gasteiger partial charge < -0.3 is 9.80 Å². The molecule has 0 N–H and O–H groups in total. The number of anilines is 1. The number of hydrogen-bond acceptors (Lipinski definition) is 3. The van der Waals surface area contributed by atoms with Crippen LogP contribution in [0.5, 0.6) is 0 Å². The number of halogens is 1. The number of benzene rings is 4. The average molecular weight is 563 g/mol. The van der Waals surface area contributed by atoms with E-state index in [9.17, 15) is 14.0 Å². The van der Waals surface area contributed by atoms with E-state index in [1.54, 1.807) is 17.0 Å². The van der Waals surface area contributed by atoms with Crippen LogP contribution in [0.3, 0.4) is 0 Å². The highest BCUT2D eigenvalue weighted by Gasteiger charge is 2.31. The Hall–Kier alpha value is -4.16. The van der Waals surface area contributed by atoms with Gasteiger partial charge in [0.05, 0.1) is 17.1 Å². The van der Waals surface area contributed by atoms with E-state index >= 15 is 0 Å². The lowest BCUT2D eigenvalue weighted by molar-refractivity contribution is -0.114. The lowest BCUT2D eigenvalue weighted by Gasteiger charge is -2.33. The van der Waals surface area contributed by atoms with Gasteiger partial charge in [0.1, 0.15) is 5.82 Å². The number of piperidine rings is 1. The van der Waals surface area contributed by atoms with E-state index in [1.165, 1.54) is 29.5 Å². The number of likely N-dealkylation sites (tertiary alicyclic amines) is 1. The Kier molecular flexibility index (Phi) is 8.01. The summed E-state index contributed by atoms with van der Waals surface area (Å²) in [5.41, 5.74) is 4.39. The minimum atomic E-state index is -0.320. The number of nitrogens with zero attached hydrogens (tertiary/aromatic N) is 2. The van der Waals surface area contributed by atoms with Gasteiger partial charge in [-0.3, -0.25) is 9.59 Å². The Morgan fingerprint density at radius 2 is 1.54 bits per heavy atom. The van der Waals surface area contributed by atoms with Gasteiger partial charge in [0.25, 0.3) is 11.8 Å². The number of thioether (sulfide) groups is 1. The molecular weight excluding hydrogens is 531 g/mol. The monoisotopic (exact) mass is 562 g/mol. The molecule has 0 aromatic heterocycles. The molecule has 1 fully saturated rings. The van der Waals surface area contributed by atoms with Crippen molar-refractivity contribution >= 4 is 35.3 Å². The van der Waals surface area contributed by atoms with Crippen LogP contribution >= 0.6 is 11.8 Å². The molecule has 4 aromatic rings. The Morgan fingerprint density at radius 1 is 0.854 bits per heavy atom. The summed E-state index contributed by atoms with van der Waals surface area (Å²) in [4.78, 5) is 32.6. The Labute approximate surface area is 244 Å². The maximum Gasteiger partial charge on any atom is 0.265 e. The molecule has 0 spiro atoms. The molecule has 0 atom stereocenters.